The molecule has 1 aliphatic heterocycles. The molecule has 0 bridgehead atoms. The van der Waals surface area contributed by atoms with Crippen molar-refractivity contribution in [2.24, 2.45) is 0 Å². The van der Waals surface area contributed by atoms with Gasteiger partial charge in [-0.25, -0.2) is 4.98 Å². The Morgan fingerprint density at radius 2 is 1.88 bits per heavy atom. The fourth-order valence-electron chi connectivity index (χ4n) is 2.81. The fraction of sp³-hybridized carbons (Fsp3) is 0.524. The number of nitrogens with zero attached hydrogens (tertiary/aromatic N) is 1. The molecule has 1 aromatic carbocycles. The number of amides is 1. The maximum absolute atomic E-state index is 12.1. The van der Waals surface area contributed by atoms with Crippen molar-refractivity contribution in [3.8, 4) is 10.4 Å². The molecule has 2 heterocycles. The van der Waals surface area contributed by atoms with Gasteiger partial charge in [-0.05, 0) is 44.4 Å². The van der Waals surface area contributed by atoms with Gasteiger partial charge in [0.25, 0.3) is 0 Å². The van der Waals surface area contributed by atoms with Crippen LogP contribution >= 0.6 is 11.3 Å². The number of carbonyl (C=O) groups is 1. The molecule has 5 heteroatoms. The van der Waals surface area contributed by atoms with Crippen LogP contribution in [0.1, 0.15) is 64.8 Å². The Labute approximate surface area is 162 Å². The van der Waals surface area contributed by atoms with Crippen molar-refractivity contribution in [2.45, 2.75) is 66.5 Å². The number of aromatic nitrogens is 1. The first-order chi connectivity index (χ1) is 12.6. The zero-order valence-electron chi connectivity index (χ0n) is 16.9. The molecule has 26 heavy (non-hydrogen) atoms. The van der Waals surface area contributed by atoms with E-state index in [9.17, 15) is 4.79 Å². The van der Waals surface area contributed by atoms with Crippen LogP contribution < -0.4 is 10.6 Å². The van der Waals surface area contributed by atoms with Crippen molar-refractivity contribution in [2.75, 3.05) is 6.54 Å². The average molecular weight is 376 g/mol. The molecule has 1 amide bonds. The van der Waals surface area contributed by atoms with Crippen molar-refractivity contribution in [3.63, 3.8) is 0 Å². The summed E-state index contributed by atoms with van der Waals surface area (Å²) in [5.41, 5.74) is 5.24. The first kappa shape index (κ1) is 22.3. The van der Waals surface area contributed by atoms with Gasteiger partial charge in [0.1, 0.15) is 0 Å². The Bertz CT molecular complexity index is 646. The predicted molar refractivity (Wildman–Crippen MR) is 113 cm³/mol. The largest absolute Gasteiger partial charge is 0.348 e. The highest BCUT2D eigenvalue weighted by atomic mass is 32.1. The van der Waals surface area contributed by atoms with E-state index in [0.717, 1.165) is 30.6 Å². The van der Waals surface area contributed by atoms with E-state index in [-0.39, 0.29) is 18.0 Å². The maximum atomic E-state index is 12.1. The fourth-order valence-corrected chi connectivity index (χ4v) is 3.62. The van der Waals surface area contributed by atoms with Crippen LogP contribution in [-0.4, -0.2) is 23.5 Å². The van der Waals surface area contributed by atoms with E-state index in [2.05, 4.69) is 39.9 Å². The molecule has 1 saturated heterocycles. The van der Waals surface area contributed by atoms with Gasteiger partial charge < -0.3 is 10.6 Å². The number of hydrogen-bond acceptors (Lipinski definition) is 4. The third-order valence-corrected chi connectivity index (χ3v) is 5.13. The van der Waals surface area contributed by atoms with Crippen molar-refractivity contribution in [3.05, 3.63) is 41.0 Å². The van der Waals surface area contributed by atoms with Crippen LogP contribution in [0.15, 0.2) is 29.8 Å². The molecule has 3 rings (SSSR count). The molecule has 0 aliphatic carbocycles. The first-order valence-electron chi connectivity index (χ1n) is 9.69. The molecule has 2 atom stereocenters. The average Bonchev–Trinajstić information content (AvgIpc) is 3.37. The minimum absolute atomic E-state index is 0.0199. The Kier molecular flexibility index (Phi) is 10.1. The molecule has 0 saturated carbocycles. The molecule has 4 nitrogen and oxygen atoms in total. The normalized spacial score (nSPS) is 16.6. The van der Waals surface area contributed by atoms with Gasteiger partial charge >= 0.3 is 0 Å². The van der Waals surface area contributed by atoms with Gasteiger partial charge in [0.2, 0.25) is 5.91 Å². The van der Waals surface area contributed by atoms with Crippen molar-refractivity contribution in [1.82, 2.24) is 15.6 Å². The summed E-state index contributed by atoms with van der Waals surface area (Å²) in [6.45, 7) is 13.0. The second-order valence-electron chi connectivity index (χ2n) is 5.77. The van der Waals surface area contributed by atoms with Crippen molar-refractivity contribution >= 4 is 17.2 Å². The summed E-state index contributed by atoms with van der Waals surface area (Å²) in [7, 11) is 0. The molecule has 1 fully saturated rings. The molecule has 144 valence electrons. The van der Waals surface area contributed by atoms with E-state index >= 15 is 0 Å². The number of hydrogen-bond donors (Lipinski definition) is 2. The van der Waals surface area contributed by atoms with E-state index in [0.29, 0.717) is 0 Å². The Morgan fingerprint density at radius 3 is 2.38 bits per heavy atom. The van der Waals surface area contributed by atoms with Gasteiger partial charge in [-0.3, -0.25) is 4.79 Å². The number of carbonyl (C=O) groups excluding carboxylic acids is 1. The minimum atomic E-state index is -0.0263. The lowest BCUT2D eigenvalue weighted by atomic mass is 10.0. The van der Waals surface area contributed by atoms with Gasteiger partial charge in [-0.1, -0.05) is 52.0 Å². The quantitative estimate of drug-likeness (QED) is 0.781. The molecule has 2 aromatic rings. The van der Waals surface area contributed by atoms with Crippen LogP contribution in [0.2, 0.25) is 0 Å². The number of nitrogens with one attached hydrogen (secondary N) is 2. The van der Waals surface area contributed by atoms with E-state index in [1.807, 2.05) is 47.1 Å². The van der Waals surface area contributed by atoms with Gasteiger partial charge in [0.05, 0.1) is 28.2 Å². The highest BCUT2D eigenvalue weighted by Gasteiger charge is 2.23. The van der Waals surface area contributed by atoms with Gasteiger partial charge in [0, 0.05) is 0 Å². The van der Waals surface area contributed by atoms with Gasteiger partial charge in [-0.2, -0.15) is 0 Å². The van der Waals surface area contributed by atoms with Crippen molar-refractivity contribution < 1.29 is 4.79 Å². The number of thiazole rings is 1. The molecule has 2 N–H and O–H groups in total. The van der Waals surface area contributed by atoms with Crippen molar-refractivity contribution in [1.29, 1.82) is 0 Å². The summed E-state index contributed by atoms with van der Waals surface area (Å²) in [6, 6.07) is 8.37. The smallest absolute Gasteiger partial charge is 0.237 e. The second kappa shape index (κ2) is 11.8. The molecular formula is C21H33N3OS. The van der Waals surface area contributed by atoms with E-state index < -0.39 is 0 Å². The van der Waals surface area contributed by atoms with Gasteiger partial charge in [0.15, 0.2) is 0 Å². The number of rotatable bonds is 4. The lowest BCUT2D eigenvalue weighted by Gasteiger charge is -2.18. The van der Waals surface area contributed by atoms with Crippen LogP contribution in [0.3, 0.4) is 0 Å². The molecular weight excluding hydrogens is 342 g/mol. The third kappa shape index (κ3) is 5.92. The Hall–Kier alpha value is -1.72. The van der Waals surface area contributed by atoms with E-state index in [4.69, 9.17) is 0 Å². The van der Waals surface area contributed by atoms with Crippen LogP contribution in [-0.2, 0) is 4.79 Å². The standard InChI is InChI=1S/C17H21N3OS.2C2H6/c1-11(20-17(21)15-4-3-9-18-15)13-5-7-14(8-6-13)16-12(2)19-10-22-16;2*1-2/h5-8,10-11,15,18H,3-4,9H2,1-2H3,(H,20,21);2*1-2H3/t11-,15?;;/m0../s1. The third-order valence-electron chi connectivity index (χ3n) is 4.15. The molecule has 1 aliphatic rings. The molecule has 0 spiro atoms. The SMILES string of the molecule is CC.CC.Cc1ncsc1-c1ccc([C@H](C)NC(=O)C2CCCN2)cc1. The summed E-state index contributed by atoms with van der Waals surface area (Å²) < 4.78 is 0. The van der Waals surface area contributed by atoms with Crippen LogP contribution in [0.4, 0.5) is 0 Å². The maximum Gasteiger partial charge on any atom is 0.237 e. The van der Waals surface area contributed by atoms with E-state index in [1.54, 1.807) is 11.3 Å². The lowest BCUT2D eigenvalue weighted by Crippen LogP contribution is -2.41. The molecule has 1 unspecified atom stereocenters. The van der Waals surface area contributed by atoms with Crippen LogP contribution in [0.25, 0.3) is 10.4 Å². The first-order valence-corrected chi connectivity index (χ1v) is 10.6. The topological polar surface area (TPSA) is 54.0 Å². The zero-order valence-corrected chi connectivity index (χ0v) is 17.7. The van der Waals surface area contributed by atoms with E-state index in [1.165, 1.54) is 10.4 Å². The second-order valence-corrected chi connectivity index (χ2v) is 6.62. The number of benzene rings is 1. The summed E-state index contributed by atoms with van der Waals surface area (Å²) >= 11 is 1.66. The molecule has 1 aromatic heterocycles. The minimum Gasteiger partial charge on any atom is -0.348 e. The Morgan fingerprint density at radius 1 is 1.23 bits per heavy atom. The highest BCUT2D eigenvalue weighted by molar-refractivity contribution is 7.13. The van der Waals surface area contributed by atoms with Gasteiger partial charge in [-0.15, -0.1) is 11.3 Å². The monoisotopic (exact) mass is 375 g/mol. The Balaban J connectivity index is 0.000000791. The lowest BCUT2D eigenvalue weighted by molar-refractivity contribution is -0.123. The summed E-state index contributed by atoms with van der Waals surface area (Å²) in [4.78, 5) is 17.6. The van der Waals surface area contributed by atoms with Crippen LogP contribution in [0.5, 0.6) is 0 Å². The highest BCUT2D eigenvalue weighted by Crippen LogP contribution is 2.28. The number of aryl methyl sites for hydroxylation is 1. The molecule has 0 radical (unpaired) electrons. The summed E-state index contributed by atoms with van der Waals surface area (Å²) in [5.74, 6) is 0.104. The van der Waals surface area contributed by atoms with Crippen LogP contribution in [0, 0.1) is 6.92 Å². The zero-order chi connectivity index (χ0) is 19.5. The summed E-state index contributed by atoms with van der Waals surface area (Å²) in [6.07, 6.45) is 2.01. The predicted octanol–water partition coefficient (Wildman–Crippen LogP) is 5.10. The summed E-state index contributed by atoms with van der Waals surface area (Å²) in [5, 5.41) is 6.32.